The Hall–Kier alpha value is -2.21. The quantitative estimate of drug-likeness (QED) is 0.895. The number of rotatable bonds is 2. The molecule has 3 atom stereocenters. The van der Waals surface area contributed by atoms with Crippen molar-refractivity contribution in [3.63, 3.8) is 0 Å². The van der Waals surface area contributed by atoms with Gasteiger partial charge in [0.1, 0.15) is 6.23 Å². The second kappa shape index (κ2) is 5.39. The smallest absolute Gasteiger partial charge is 0.229 e. The summed E-state index contributed by atoms with van der Waals surface area (Å²) in [6, 6.07) is 7.19. The number of ether oxygens (including phenoxy) is 1. The number of nitrogens with zero attached hydrogens (tertiary/aromatic N) is 1. The summed E-state index contributed by atoms with van der Waals surface area (Å²) in [7, 11) is 0. The van der Waals surface area contributed by atoms with E-state index in [2.05, 4.69) is 5.32 Å². The maximum Gasteiger partial charge on any atom is 0.229 e. The van der Waals surface area contributed by atoms with E-state index in [9.17, 15) is 14.4 Å². The zero-order valence-corrected chi connectivity index (χ0v) is 14.5. The molecule has 2 fully saturated rings. The van der Waals surface area contributed by atoms with Gasteiger partial charge in [-0.2, -0.15) is 0 Å². The molecule has 3 aliphatic heterocycles. The van der Waals surface area contributed by atoms with Crippen LogP contribution in [0.3, 0.4) is 0 Å². The van der Waals surface area contributed by atoms with Gasteiger partial charge in [0.15, 0.2) is 0 Å². The number of benzene rings is 1. The number of fused-ring (bicyclic) bond motifs is 2. The van der Waals surface area contributed by atoms with E-state index in [1.54, 1.807) is 23.1 Å². The van der Waals surface area contributed by atoms with Crippen LogP contribution >= 0.6 is 0 Å². The minimum atomic E-state index is -1.34. The molecule has 1 spiro atoms. The first-order valence-electron chi connectivity index (χ1n) is 8.87. The van der Waals surface area contributed by atoms with Crippen LogP contribution < -0.4 is 10.2 Å². The zero-order valence-electron chi connectivity index (χ0n) is 14.5. The summed E-state index contributed by atoms with van der Waals surface area (Å²) in [6.07, 6.45) is 2.59. The fourth-order valence-electron chi connectivity index (χ4n) is 4.85. The van der Waals surface area contributed by atoms with Crippen molar-refractivity contribution >= 4 is 23.3 Å². The summed E-state index contributed by atoms with van der Waals surface area (Å²) in [6.45, 7) is 3.48. The lowest BCUT2D eigenvalue weighted by Gasteiger charge is -2.58. The predicted molar refractivity (Wildman–Crippen MR) is 90.9 cm³/mol. The Kier molecular flexibility index (Phi) is 3.51. The highest BCUT2D eigenvalue weighted by atomic mass is 16.6. The van der Waals surface area contributed by atoms with Crippen molar-refractivity contribution in [1.82, 2.24) is 5.32 Å². The van der Waals surface area contributed by atoms with Gasteiger partial charge in [-0.25, -0.2) is 0 Å². The zero-order chi connectivity index (χ0) is 17.8. The van der Waals surface area contributed by atoms with Crippen LogP contribution in [-0.4, -0.2) is 29.6 Å². The topological polar surface area (TPSA) is 75.7 Å². The average molecular weight is 342 g/mol. The maximum absolute atomic E-state index is 13.5. The van der Waals surface area contributed by atoms with E-state index in [0.29, 0.717) is 30.5 Å². The lowest BCUT2D eigenvalue weighted by Crippen LogP contribution is -2.72. The fraction of sp³-hybridized carbons (Fsp3) is 0.526. The van der Waals surface area contributed by atoms with Gasteiger partial charge >= 0.3 is 0 Å². The third kappa shape index (κ3) is 1.97. The van der Waals surface area contributed by atoms with Gasteiger partial charge in [-0.3, -0.25) is 19.3 Å². The Labute approximate surface area is 146 Å². The number of nitrogens with one attached hydrogen (secondary N) is 1. The minimum Gasteiger partial charge on any atom is -0.331 e. The monoisotopic (exact) mass is 342 g/mol. The molecule has 3 aliphatic rings. The number of amides is 2. The molecule has 2 amide bonds. The molecule has 1 N–H and O–H groups in total. The van der Waals surface area contributed by atoms with E-state index in [1.807, 2.05) is 13.0 Å². The molecule has 0 aliphatic carbocycles. The lowest BCUT2D eigenvalue weighted by atomic mass is 9.63. The number of ketones is 1. The molecule has 6 nitrogen and oxygen atoms in total. The highest BCUT2D eigenvalue weighted by Crippen LogP contribution is 2.60. The van der Waals surface area contributed by atoms with Gasteiger partial charge in [-0.1, -0.05) is 19.1 Å². The van der Waals surface area contributed by atoms with Gasteiger partial charge in [0.25, 0.3) is 0 Å². The largest absolute Gasteiger partial charge is 0.331 e. The van der Waals surface area contributed by atoms with E-state index in [1.165, 1.54) is 6.92 Å². The number of hydrogen-bond acceptors (Lipinski definition) is 4. The van der Waals surface area contributed by atoms with Crippen molar-refractivity contribution in [2.75, 3.05) is 4.90 Å². The van der Waals surface area contributed by atoms with Gasteiger partial charge in [0, 0.05) is 24.3 Å². The molecule has 0 saturated carbocycles. The minimum absolute atomic E-state index is 0.0918. The third-order valence-electron chi connectivity index (χ3n) is 6.04. The van der Waals surface area contributed by atoms with Crippen molar-refractivity contribution in [1.29, 1.82) is 0 Å². The number of anilines is 1. The van der Waals surface area contributed by atoms with Crippen LogP contribution in [0.15, 0.2) is 24.3 Å². The summed E-state index contributed by atoms with van der Waals surface area (Å²) in [5.41, 5.74) is -0.615. The molecule has 6 heteroatoms. The van der Waals surface area contributed by atoms with Gasteiger partial charge in [0.2, 0.25) is 23.3 Å². The van der Waals surface area contributed by atoms with Gasteiger partial charge in [-0.15, -0.1) is 0 Å². The van der Waals surface area contributed by atoms with Crippen LogP contribution in [0, 0.1) is 5.41 Å². The molecule has 1 aromatic rings. The lowest BCUT2D eigenvalue weighted by molar-refractivity contribution is -0.200. The third-order valence-corrected chi connectivity index (χ3v) is 6.04. The van der Waals surface area contributed by atoms with Crippen LogP contribution in [0.4, 0.5) is 5.69 Å². The molecule has 4 rings (SSSR count). The van der Waals surface area contributed by atoms with E-state index in [-0.39, 0.29) is 17.6 Å². The molecule has 132 valence electrons. The Bertz CT molecular complexity index is 776. The Morgan fingerprint density at radius 2 is 2.08 bits per heavy atom. The number of hydrogen-bond donors (Lipinski definition) is 1. The van der Waals surface area contributed by atoms with Gasteiger partial charge < -0.3 is 10.1 Å². The summed E-state index contributed by atoms with van der Waals surface area (Å²) < 4.78 is 6.30. The number of piperidine rings is 1. The van der Waals surface area contributed by atoms with Crippen molar-refractivity contribution < 1.29 is 19.1 Å². The molecule has 0 bridgehead atoms. The summed E-state index contributed by atoms with van der Waals surface area (Å²) in [5.74, 6) is -0.457. The number of para-hydroxylation sites is 1. The van der Waals surface area contributed by atoms with Gasteiger partial charge in [-0.05, 0) is 37.8 Å². The Morgan fingerprint density at radius 1 is 1.32 bits per heavy atom. The molecule has 3 heterocycles. The molecule has 0 radical (unpaired) electrons. The van der Waals surface area contributed by atoms with Crippen LogP contribution in [0.1, 0.15) is 56.3 Å². The molecule has 0 aromatic heterocycles. The summed E-state index contributed by atoms with van der Waals surface area (Å²) in [5, 5.41) is 2.77. The van der Waals surface area contributed by atoms with Crippen LogP contribution in [0.25, 0.3) is 0 Å². The number of carbonyl (C=O) groups is 3. The molecule has 2 saturated heterocycles. The van der Waals surface area contributed by atoms with E-state index in [0.717, 1.165) is 12.8 Å². The Morgan fingerprint density at radius 3 is 2.80 bits per heavy atom. The van der Waals surface area contributed by atoms with E-state index >= 15 is 0 Å². The second-order valence-corrected chi connectivity index (χ2v) is 7.20. The molecule has 25 heavy (non-hydrogen) atoms. The van der Waals surface area contributed by atoms with Gasteiger partial charge in [0.05, 0.1) is 5.69 Å². The Balaban J connectivity index is 1.89. The normalized spacial score (nSPS) is 33.5. The standard InChI is InChI=1S/C19H22N2O4/c1-3-18-10-8-15(20-12(2)22)25-19(18)17(24)13-6-4-5-7-14(13)21(19)16(23)9-11-18/h4-7,15H,3,8-11H2,1-2H3,(H,20,22)/t15-,18+,19+/m0/s1. The van der Waals surface area contributed by atoms with Crippen molar-refractivity contribution in [3.8, 4) is 0 Å². The van der Waals surface area contributed by atoms with Crippen molar-refractivity contribution in [3.05, 3.63) is 29.8 Å². The molecule has 1 aromatic carbocycles. The first-order chi connectivity index (χ1) is 11.9. The molecular formula is C19H22N2O4. The number of carbonyl (C=O) groups excluding carboxylic acids is 3. The maximum atomic E-state index is 13.5. The first kappa shape index (κ1) is 16.3. The summed E-state index contributed by atoms with van der Waals surface area (Å²) in [4.78, 5) is 39.4. The highest BCUT2D eigenvalue weighted by molar-refractivity contribution is 6.20. The molecule has 0 unspecified atom stereocenters. The van der Waals surface area contributed by atoms with Crippen molar-refractivity contribution in [2.24, 2.45) is 5.41 Å². The summed E-state index contributed by atoms with van der Waals surface area (Å²) >= 11 is 0. The predicted octanol–water partition coefficient (Wildman–Crippen LogP) is 2.38. The first-order valence-corrected chi connectivity index (χ1v) is 8.87. The SMILES string of the molecule is CC[C@@]12CCC(=O)N3c4ccccc4C(=O)[C@]31O[C@H](NC(C)=O)CC2. The van der Waals surface area contributed by atoms with Crippen molar-refractivity contribution in [2.45, 2.75) is 57.9 Å². The fourth-order valence-corrected chi connectivity index (χ4v) is 4.85. The van der Waals surface area contributed by atoms with Crippen LogP contribution in [0.5, 0.6) is 0 Å². The highest BCUT2D eigenvalue weighted by Gasteiger charge is 2.70. The number of Topliss-reactive ketones (excluding diaryl/α,β-unsaturated/α-hetero) is 1. The molecular weight excluding hydrogens is 320 g/mol. The van der Waals surface area contributed by atoms with E-state index < -0.39 is 17.4 Å². The van der Waals surface area contributed by atoms with Crippen LogP contribution in [-0.2, 0) is 14.3 Å². The average Bonchev–Trinajstić information content (AvgIpc) is 2.85. The van der Waals surface area contributed by atoms with E-state index in [4.69, 9.17) is 4.74 Å². The van der Waals surface area contributed by atoms with Crippen LogP contribution in [0.2, 0.25) is 0 Å². The second-order valence-electron chi connectivity index (χ2n) is 7.20.